The molecule has 0 bridgehead atoms. The van der Waals surface area contributed by atoms with Crippen molar-refractivity contribution < 1.29 is 4.79 Å². The van der Waals surface area contributed by atoms with Crippen LogP contribution in [0.4, 0.5) is 4.79 Å². The Hall–Kier alpha value is -1.03. The number of hydrogen-bond acceptors (Lipinski definition) is 2. The molecule has 1 heterocycles. The van der Waals surface area contributed by atoms with Crippen molar-refractivity contribution in [2.75, 3.05) is 6.54 Å². The maximum Gasteiger partial charge on any atom is 0.312 e. The molecule has 2 rings (SSSR count). The molecule has 0 saturated carbocycles. The highest BCUT2D eigenvalue weighted by atomic mass is 16.2. The predicted molar refractivity (Wildman–Crippen MR) is 73.2 cm³/mol. The number of urea groups is 1. The van der Waals surface area contributed by atoms with Gasteiger partial charge < -0.3 is 16.4 Å². The zero-order valence-electron chi connectivity index (χ0n) is 11.2. The van der Waals surface area contributed by atoms with Crippen molar-refractivity contribution >= 4 is 6.03 Å². The lowest BCUT2D eigenvalue weighted by molar-refractivity contribution is 0.134. The van der Waals surface area contributed by atoms with E-state index < -0.39 is 6.03 Å². The Morgan fingerprint density at radius 2 is 2.33 bits per heavy atom. The van der Waals surface area contributed by atoms with E-state index in [0.29, 0.717) is 6.04 Å². The lowest BCUT2D eigenvalue weighted by Crippen LogP contribution is -2.60. The van der Waals surface area contributed by atoms with Gasteiger partial charge in [0.15, 0.2) is 0 Å². The standard InChI is InChI=1S/C14H25N3O/c1-2-11(17-13(15)18)12-14(9-6-10-16-12)7-4-3-5-8-14/h4,7,11-12,16H,2-3,5-6,8-10H2,1H3,(H3,15,17,18). The number of nitrogens with two attached hydrogens (primary N) is 1. The first-order chi connectivity index (χ1) is 8.68. The number of primary amides is 1. The van der Waals surface area contributed by atoms with Crippen LogP contribution >= 0.6 is 0 Å². The van der Waals surface area contributed by atoms with Crippen molar-refractivity contribution in [3.05, 3.63) is 12.2 Å². The van der Waals surface area contributed by atoms with Gasteiger partial charge in [0, 0.05) is 17.5 Å². The Bertz CT molecular complexity index is 329. The molecule has 0 aromatic heterocycles. The van der Waals surface area contributed by atoms with Gasteiger partial charge in [-0.2, -0.15) is 0 Å². The molecule has 0 radical (unpaired) electrons. The van der Waals surface area contributed by atoms with Crippen LogP contribution in [0.3, 0.4) is 0 Å². The number of allylic oxidation sites excluding steroid dienone is 1. The van der Waals surface area contributed by atoms with Crippen LogP contribution in [0, 0.1) is 5.41 Å². The summed E-state index contributed by atoms with van der Waals surface area (Å²) in [6.45, 7) is 3.15. The summed E-state index contributed by atoms with van der Waals surface area (Å²) in [4.78, 5) is 11.1. The minimum Gasteiger partial charge on any atom is -0.352 e. The highest BCUT2D eigenvalue weighted by molar-refractivity contribution is 5.72. The topological polar surface area (TPSA) is 67.1 Å². The van der Waals surface area contributed by atoms with E-state index in [-0.39, 0.29) is 11.5 Å². The van der Waals surface area contributed by atoms with Crippen LogP contribution in [-0.2, 0) is 0 Å². The smallest absolute Gasteiger partial charge is 0.312 e. The van der Waals surface area contributed by atoms with E-state index >= 15 is 0 Å². The molecule has 2 amide bonds. The molecule has 4 heteroatoms. The third-order valence-electron chi connectivity index (χ3n) is 4.44. The van der Waals surface area contributed by atoms with Crippen LogP contribution in [0.2, 0.25) is 0 Å². The Balaban J connectivity index is 2.18. The van der Waals surface area contributed by atoms with Crippen molar-refractivity contribution in [2.45, 2.75) is 57.5 Å². The van der Waals surface area contributed by atoms with Crippen LogP contribution in [0.1, 0.15) is 45.4 Å². The zero-order valence-corrected chi connectivity index (χ0v) is 11.2. The van der Waals surface area contributed by atoms with Gasteiger partial charge in [-0.3, -0.25) is 0 Å². The van der Waals surface area contributed by atoms with Gasteiger partial charge >= 0.3 is 6.03 Å². The van der Waals surface area contributed by atoms with Crippen molar-refractivity contribution in [1.29, 1.82) is 0 Å². The third kappa shape index (κ3) is 2.69. The van der Waals surface area contributed by atoms with Gasteiger partial charge in [0.25, 0.3) is 0 Å². The summed E-state index contributed by atoms with van der Waals surface area (Å²) in [5.74, 6) is 0. The van der Waals surface area contributed by atoms with E-state index in [0.717, 1.165) is 13.0 Å². The van der Waals surface area contributed by atoms with Crippen molar-refractivity contribution in [2.24, 2.45) is 11.1 Å². The van der Waals surface area contributed by atoms with Crippen LogP contribution in [0.5, 0.6) is 0 Å². The first-order valence-corrected chi connectivity index (χ1v) is 7.15. The lowest BCUT2D eigenvalue weighted by atomic mass is 9.66. The molecule has 1 saturated heterocycles. The highest BCUT2D eigenvalue weighted by Crippen LogP contribution is 2.42. The number of rotatable bonds is 3. The van der Waals surface area contributed by atoms with Crippen molar-refractivity contribution in [3.63, 3.8) is 0 Å². The van der Waals surface area contributed by atoms with Crippen molar-refractivity contribution in [1.82, 2.24) is 10.6 Å². The highest BCUT2D eigenvalue weighted by Gasteiger charge is 2.42. The van der Waals surface area contributed by atoms with Crippen molar-refractivity contribution in [3.8, 4) is 0 Å². The fraction of sp³-hybridized carbons (Fsp3) is 0.786. The van der Waals surface area contributed by atoms with Crippen LogP contribution in [0.25, 0.3) is 0 Å². The number of nitrogens with one attached hydrogen (secondary N) is 2. The summed E-state index contributed by atoms with van der Waals surface area (Å²) in [5.41, 5.74) is 5.52. The minimum absolute atomic E-state index is 0.130. The fourth-order valence-corrected chi connectivity index (χ4v) is 3.60. The summed E-state index contributed by atoms with van der Waals surface area (Å²) < 4.78 is 0. The Morgan fingerprint density at radius 1 is 1.56 bits per heavy atom. The van der Waals surface area contributed by atoms with Gasteiger partial charge in [0.05, 0.1) is 0 Å². The molecule has 3 atom stereocenters. The molecule has 1 aliphatic heterocycles. The molecular weight excluding hydrogens is 226 g/mol. The third-order valence-corrected chi connectivity index (χ3v) is 4.44. The number of carbonyl (C=O) groups is 1. The molecule has 18 heavy (non-hydrogen) atoms. The van der Waals surface area contributed by atoms with Gasteiger partial charge in [-0.15, -0.1) is 0 Å². The summed E-state index contributed by atoms with van der Waals surface area (Å²) in [5, 5.41) is 6.53. The second kappa shape index (κ2) is 5.74. The summed E-state index contributed by atoms with van der Waals surface area (Å²) >= 11 is 0. The average Bonchev–Trinajstić information content (AvgIpc) is 2.38. The van der Waals surface area contributed by atoms with Gasteiger partial charge in [-0.25, -0.2) is 4.79 Å². The number of piperidine rings is 1. The molecule has 1 aliphatic carbocycles. The molecule has 4 nitrogen and oxygen atoms in total. The van der Waals surface area contributed by atoms with E-state index in [1.807, 2.05) is 0 Å². The second-order valence-corrected chi connectivity index (χ2v) is 5.59. The fourth-order valence-electron chi connectivity index (χ4n) is 3.60. The summed E-state index contributed by atoms with van der Waals surface area (Å²) in [7, 11) is 0. The molecule has 2 aliphatic rings. The maximum atomic E-state index is 11.1. The zero-order chi connectivity index (χ0) is 13.0. The normalized spacial score (nSPS) is 33.3. The molecule has 0 aromatic rings. The minimum atomic E-state index is -0.413. The van der Waals surface area contributed by atoms with Gasteiger partial charge in [-0.1, -0.05) is 19.1 Å². The first-order valence-electron chi connectivity index (χ1n) is 7.15. The lowest BCUT2D eigenvalue weighted by Gasteiger charge is -2.47. The second-order valence-electron chi connectivity index (χ2n) is 5.59. The molecule has 102 valence electrons. The molecule has 3 unspecified atom stereocenters. The monoisotopic (exact) mass is 251 g/mol. The van der Waals surface area contributed by atoms with E-state index in [2.05, 4.69) is 29.7 Å². The maximum absolute atomic E-state index is 11.1. The van der Waals surface area contributed by atoms with Crippen LogP contribution in [0.15, 0.2) is 12.2 Å². The molecule has 1 fully saturated rings. The number of amides is 2. The van der Waals surface area contributed by atoms with Gasteiger partial charge in [0.1, 0.15) is 0 Å². The Morgan fingerprint density at radius 3 is 2.94 bits per heavy atom. The average molecular weight is 251 g/mol. The SMILES string of the molecule is CCC(NC(N)=O)C1NCCCC12C=CCCC2. The predicted octanol–water partition coefficient (Wildman–Crippen LogP) is 1.91. The molecule has 4 N–H and O–H groups in total. The van der Waals surface area contributed by atoms with E-state index in [1.54, 1.807) is 0 Å². The quantitative estimate of drug-likeness (QED) is 0.671. The molecular formula is C14H25N3O. The van der Waals surface area contributed by atoms with Crippen LogP contribution < -0.4 is 16.4 Å². The van der Waals surface area contributed by atoms with Crippen LogP contribution in [-0.4, -0.2) is 24.7 Å². The van der Waals surface area contributed by atoms with E-state index in [4.69, 9.17) is 5.73 Å². The van der Waals surface area contributed by atoms with Gasteiger partial charge in [-0.05, 0) is 45.1 Å². The Kier molecular flexibility index (Phi) is 4.27. The van der Waals surface area contributed by atoms with E-state index in [1.165, 1.54) is 32.1 Å². The van der Waals surface area contributed by atoms with E-state index in [9.17, 15) is 4.79 Å². The number of hydrogen-bond donors (Lipinski definition) is 3. The van der Waals surface area contributed by atoms with Gasteiger partial charge in [0.2, 0.25) is 0 Å². The Labute approximate surface area is 109 Å². The largest absolute Gasteiger partial charge is 0.352 e. The molecule has 0 aromatic carbocycles. The molecule has 1 spiro atoms. The summed E-state index contributed by atoms with van der Waals surface area (Å²) in [6.07, 6.45) is 11.7. The summed E-state index contributed by atoms with van der Waals surface area (Å²) in [6, 6.07) is 0.0370. The first kappa shape index (κ1) is 13.4. The number of carbonyl (C=O) groups excluding carboxylic acids is 1.